The molecule has 0 aliphatic carbocycles. The van der Waals surface area contributed by atoms with Crippen LogP contribution in [0, 0.1) is 5.82 Å². The Morgan fingerprint density at radius 2 is 1.63 bits per heavy atom. The zero-order valence-corrected chi connectivity index (χ0v) is 23.4. The van der Waals surface area contributed by atoms with E-state index in [1.807, 2.05) is 71.3 Å². The predicted molar refractivity (Wildman–Crippen MR) is 162 cm³/mol. The number of fused-ring (bicyclic) bond motifs is 1. The molecule has 8 heteroatoms. The van der Waals surface area contributed by atoms with Crippen molar-refractivity contribution < 1.29 is 18.7 Å². The van der Waals surface area contributed by atoms with Crippen LogP contribution in [0.1, 0.15) is 32.0 Å². The quantitative estimate of drug-likeness (QED) is 0.137. The molecular formula is C33H30FN3O3S. The van der Waals surface area contributed by atoms with Crippen LogP contribution in [0.5, 0.6) is 0 Å². The molecule has 4 aromatic carbocycles. The van der Waals surface area contributed by atoms with Crippen molar-refractivity contribution in [2.24, 2.45) is 0 Å². The number of halogens is 1. The highest BCUT2D eigenvalue weighted by atomic mass is 32.2. The summed E-state index contributed by atoms with van der Waals surface area (Å²) in [5, 5.41) is 6.66. The predicted octanol–water partition coefficient (Wildman–Crippen LogP) is 6.75. The monoisotopic (exact) mass is 567 g/mol. The van der Waals surface area contributed by atoms with Gasteiger partial charge < -0.3 is 19.9 Å². The standard InChI is InChI=1S/C33H30FN3O3S/c1-40-17-16-35-33(39)30-20-25-19-27(14-15-29(25)37(30)21-24-10-7-11-26(34)18-24)36-32(38)28-12-5-6-13-31(28)41-22-23-8-3-2-4-9-23/h2-15,18-20H,16-17,21-22H2,1H3,(H,35,39)(H,36,38). The molecule has 0 spiro atoms. The van der Waals surface area contributed by atoms with Crippen molar-refractivity contribution in [1.82, 2.24) is 9.88 Å². The summed E-state index contributed by atoms with van der Waals surface area (Å²) in [5.41, 5.74) is 4.35. The Kier molecular flexibility index (Phi) is 9.13. The summed E-state index contributed by atoms with van der Waals surface area (Å²) in [6.45, 7) is 1.06. The van der Waals surface area contributed by atoms with Gasteiger partial charge in [0, 0.05) is 47.4 Å². The molecule has 0 atom stereocenters. The first kappa shape index (κ1) is 28.1. The van der Waals surface area contributed by atoms with Crippen LogP contribution in [0.3, 0.4) is 0 Å². The van der Waals surface area contributed by atoms with Gasteiger partial charge in [-0.15, -0.1) is 11.8 Å². The fourth-order valence-electron chi connectivity index (χ4n) is 4.60. The lowest BCUT2D eigenvalue weighted by molar-refractivity contribution is 0.0928. The molecular weight excluding hydrogens is 537 g/mol. The molecule has 5 rings (SSSR count). The number of aromatic nitrogens is 1. The van der Waals surface area contributed by atoms with E-state index >= 15 is 0 Å². The number of thioether (sulfide) groups is 1. The van der Waals surface area contributed by atoms with Crippen molar-refractivity contribution in [2.45, 2.75) is 17.2 Å². The molecule has 2 amide bonds. The van der Waals surface area contributed by atoms with Crippen molar-refractivity contribution >= 4 is 40.2 Å². The summed E-state index contributed by atoms with van der Waals surface area (Å²) in [4.78, 5) is 27.3. The molecule has 2 N–H and O–H groups in total. The van der Waals surface area contributed by atoms with Crippen LogP contribution in [0.25, 0.3) is 10.9 Å². The number of nitrogens with zero attached hydrogens (tertiary/aromatic N) is 1. The summed E-state index contributed by atoms with van der Waals surface area (Å²) in [6.07, 6.45) is 0. The van der Waals surface area contributed by atoms with E-state index in [1.54, 1.807) is 31.0 Å². The Morgan fingerprint density at radius 3 is 2.44 bits per heavy atom. The lowest BCUT2D eigenvalue weighted by atomic mass is 10.2. The normalized spacial score (nSPS) is 11.0. The van der Waals surface area contributed by atoms with Gasteiger partial charge in [0.25, 0.3) is 11.8 Å². The number of carbonyl (C=O) groups is 2. The van der Waals surface area contributed by atoms with Crippen molar-refractivity contribution in [2.75, 3.05) is 25.6 Å². The van der Waals surface area contributed by atoms with E-state index in [2.05, 4.69) is 22.8 Å². The van der Waals surface area contributed by atoms with Crippen molar-refractivity contribution in [1.29, 1.82) is 0 Å². The topological polar surface area (TPSA) is 72.4 Å². The first-order valence-corrected chi connectivity index (χ1v) is 14.2. The van der Waals surface area contributed by atoms with Gasteiger partial charge in [0.05, 0.1) is 12.2 Å². The van der Waals surface area contributed by atoms with Crippen molar-refractivity contribution in [3.63, 3.8) is 0 Å². The largest absolute Gasteiger partial charge is 0.383 e. The highest BCUT2D eigenvalue weighted by Gasteiger charge is 2.18. The number of anilines is 1. The van der Waals surface area contributed by atoms with E-state index in [1.165, 1.54) is 17.7 Å². The number of amides is 2. The van der Waals surface area contributed by atoms with E-state index in [-0.39, 0.29) is 17.6 Å². The van der Waals surface area contributed by atoms with E-state index in [4.69, 9.17) is 4.74 Å². The molecule has 0 saturated heterocycles. The van der Waals surface area contributed by atoms with Gasteiger partial charge in [0.2, 0.25) is 0 Å². The first-order chi connectivity index (χ1) is 20.0. The zero-order chi connectivity index (χ0) is 28.6. The van der Waals surface area contributed by atoms with Crippen LogP contribution in [-0.4, -0.2) is 36.6 Å². The Balaban J connectivity index is 1.40. The average Bonchev–Trinajstić information content (AvgIpc) is 3.34. The minimum atomic E-state index is -0.336. The number of rotatable bonds is 11. The minimum absolute atomic E-state index is 0.211. The van der Waals surface area contributed by atoms with E-state index in [0.717, 1.165) is 27.1 Å². The van der Waals surface area contributed by atoms with Gasteiger partial charge in [0.15, 0.2) is 0 Å². The molecule has 1 heterocycles. The molecule has 6 nitrogen and oxygen atoms in total. The Hall–Kier alpha value is -4.40. The van der Waals surface area contributed by atoms with Gasteiger partial charge >= 0.3 is 0 Å². The van der Waals surface area contributed by atoms with E-state index in [0.29, 0.717) is 36.6 Å². The summed E-state index contributed by atoms with van der Waals surface area (Å²) < 4.78 is 20.8. The van der Waals surface area contributed by atoms with E-state index in [9.17, 15) is 14.0 Å². The highest BCUT2D eigenvalue weighted by Crippen LogP contribution is 2.29. The third kappa shape index (κ3) is 7.03. The van der Waals surface area contributed by atoms with Crippen LogP contribution in [-0.2, 0) is 17.0 Å². The van der Waals surface area contributed by atoms with Crippen LogP contribution in [0.4, 0.5) is 10.1 Å². The smallest absolute Gasteiger partial charge is 0.268 e. The molecule has 5 aromatic rings. The maximum atomic E-state index is 13.9. The maximum Gasteiger partial charge on any atom is 0.268 e. The zero-order valence-electron chi connectivity index (χ0n) is 22.6. The van der Waals surface area contributed by atoms with Crippen LogP contribution >= 0.6 is 11.8 Å². The van der Waals surface area contributed by atoms with Crippen LogP contribution < -0.4 is 10.6 Å². The molecule has 208 valence electrons. The maximum absolute atomic E-state index is 13.9. The molecule has 41 heavy (non-hydrogen) atoms. The molecule has 0 aliphatic rings. The number of hydrogen-bond donors (Lipinski definition) is 2. The number of ether oxygens (including phenoxy) is 1. The summed E-state index contributed by atoms with van der Waals surface area (Å²) in [7, 11) is 1.57. The molecule has 0 saturated carbocycles. The van der Waals surface area contributed by atoms with Crippen LogP contribution in [0.2, 0.25) is 0 Å². The second-order valence-electron chi connectivity index (χ2n) is 9.49. The Morgan fingerprint density at radius 1 is 0.854 bits per heavy atom. The summed E-state index contributed by atoms with van der Waals surface area (Å²) in [5.74, 6) is -0.0513. The average molecular weight is 568 g/mol. The molecule has 0 unspecified atom stereocenters. The number of methoxy groups -OCH3 is 1. The van der Waals surface area contributed by atoms with Gasteiger partial charge in [-0.25, -0.2) is 4.39 Å². The first-order valence-electron chi connectivity index (χ1n) is 13.2. The lowest BCUT2D eigenvalue weighted by Gasteiger charge is -2.12. The SMILES string of the molecule is COCCNC(=O)c1cc2cc(NC(=O)c3ccccc3SCc3ccccc3)ccc2n1Cc1cccc(F)c1. The van der Waals surface area contributed by atoms with Crippen molar-refractivity contribution in [3.05, 3.63) is 131 Å². The van der Waals surface area contributed by atoms with Crippen LogP contribution in [0.15, 0.2) is 108 Å². The minimum Gasteiger partial charge on any atom is -0.383 e. The van der Waals surface area contributed by atoms with Gasteiger partial charge in [-0.1, -0.05) is 54.6 Å². The summed E-state index contributed by atoms with van der Waals surface area (Å²) >= 11 is 1.62. The third-order valence-electron chi connectivity index (χ3n) is 6.58. The Labute approximate surface area is 242 Å². The highest BCUT2D eigenvalue weighted by molar-refractivity contribution is 7.98. The van der Waals surface area contributed by atoms with Gasteiger partial charge in [-0.2, -0.15) is 0 Å². The fraction of sp³-hybridized carbons (Fsp3) is 0.152. The molecule has 1 aromatic heterocycles. The second-order valence-corrected chi connectivity index (χ2v) is 10.5. The number of hydrogen-bond acceptors (Lipinski definition) is 4. The molecule has 0 fully saturated rings. The fourth-order valence-corrected chi connectivity index (χ4v) is 5.60. The number of benzene rings is 4. The third-order valence-corrected chi connectivity index (χ3v) is 7.73. The number of nitrogens with one attached hydrogen (secondary N) is 2. The second kappa shape index (κ2) is 13.3. The van der Waals surface area contributed by atoms with E-state index < -0.39 is 0 Å². The van der Waals surface area contributed by atoms with Gasteiger partial charge in [0.1, 0.15) is 11.5 Å². The number of carbonyl (C=O) groups excluding carboxylic acids is 2. The Bertz CT molecular complexity index is 1670. The molecule has 0 radical (unpaired) electrons. The summed E-state index contributed by atoms with van der Waals surface area (Å²) in [6, 6.07) is 31.3. The lowest BCUT2D eigenvalue weighted by Crippen LogP contribution is -2.29. The molecule has 0 aliphatic heterocycles. The van der Waals surface area contributed by atoms with Crippen molar-refractivity contribution in [3.8, 4) is 0 Å². The van der Waals surface area contributed by atoms with Gasteiger partial charge in [-0.3, -0.25) is 9.59 Å². The molecule has 0 bridgehead atoms. The van der Waals surface area contributed by atoms with Gasteiger partial charge in [-0.05, 0) is 59.7 Å².